The molecular weight excluding hydrogens is 377 g/mol. The molecule has 0 bridgehead atoms. The minimum absolute atomic E-state index is 0.306. The summed E-state index contributed by atoms with van der Waals surface area (Å²) < 4.78 is 38.5. The van der Waals surface area contributed by atoms with Gasteiger partial charge in [0.1, 0.15) is 0 Å². The van der Waals surface area contributed by atoms with Crippen LogP contribution >= 0.6 is 0 Å². The SMILES string of the molecule is CC1Cc2cc(NC(=O)c3ccccc3-c3ccc(C(F)(F)F)cc3)ccc2N1. The summed E-state index contributed by atoms with van der Waals surface area (Å²) in [5.74, 6) is -0.306. The van der Waals surface area contributed by atoms with Crippen molar-refractivity contribution in [2.75, 3.05) is 10.6 Å². The van der Waals surface area contributed by atoms with Crippen LogP contribution in [-0.2, 0) is 12.6 Å². The van der Waals surface area contributed by atoms with E-state index in [4.69, 9.17) is 0 Å². The van der Waals surface area contributed by atoms with Gasteiger partial charge in [-0.1, -0.05) is 30.3 Å². The van der Waals surface area contributed by atoms with Gasteiger partial charge in [-0.15, -0.1) is 0 Å². The van der Waals surface area contributed by atoms with Gasteiger partial charge in [-0.25, -0.2) is 0 Å². The van der Waals surface area contributed by atoms with Gasteiger partial charge in [0, 0.05) is 23.0 Å². The maximum absolute atomic E-state index is 12.9. The molecule has 3 nitrogen and oxygen atoms in total. The Hall–Kier alpha value is -3.28. The van der Waals surface area contributed by atoms with E-state index in [0.717, 1.165) is 29.8 Å². The number of carbonyl (C=O) groups is 1. The van der Waals surface area contributed by atoms with Crippen LogP contribution in [0.15, 0.2) is 66.7 Å². The summed E-state index contributed by atoms with van der Waals surface area (Å²) in [7, 11) is 0. The average Bonchev–Trinajstić information content (AvgIpc) is 3.06. The third-order valence-corrected chi connectivity index (χ3v) is 4.99. The maximum Gasteiger partial charge on any atom is 0.416 e. The number of carbonyl (C=O) groups excluding carboxylic acids is 1. The van der Waals surface area contributed by atoms with Crippen molar-refractivity contribution in [1.29, 1.82) is 0 Å². The van der Waals surface area contributed by atoms with Crippen LogP contribution in [0, 0.1) is 0 Å². The predicted molar refractivity (Wildman–Crippen MR) is 108 cm³/mol. The van der Waals surface area contributed by atoms with Crippen LogP contribution in [0.25, 0.3) is 11.1 Å². The van der Waals surface area contributed by atoms with Gasteiger partial charge in [-0.2, -0.15) is 13.2 Å². The number of halogens is 3. The van der Waals surface area contributed by atoms with E-state index in [2.05, 4.69) is 17.6 Å². The number of nitrogens with one attached hydrogen (secondary N) is 2. The normalized spacial score (nSPS) is 15.5. The zero-order chi connectivity index (χ0) is 20.6. The van der Waals surface area contributed by atoms with E-state index in [1.165, 1.54) is 12.1 Å². The zero-order valence-corrected chi connectivity index (χ0v) is 15.7. The molecule has 0 spiro atoms. The van der Waals surface area contributed by atoms with E-state index in [1.807, 2.05) is 18.2 Å². The van der Waals surface area contributed by atoms with Gasteiger partial charge in [-0.3, -0.25) is 4.79 Å². The van der Waals surface area contributed by atoms with Gasteiger partial charge >= 0.3 is 6.18 Å². The molecule has 3 aromatic carbocycles. The largest absolute Gasteiger partial charge is 0.416 e. The second-order valence-corrected chi connectivity index (χ2v) is 7.20. The summed E-state index contributed by atoms with van der Waals surface area (Å²) in [6.45, 7) is 2.10. The van der Waals surface area contributed by atoms with Crippen molar-refractivity contribution in [1.82, 2.24) is 0 Å². The highest BCUT2D eigenvalue weighted by atomic mass is 19.4. The summed E-state index contributed by atoms with van der Waals surface area (Å²) in [6, 6.07) is 17.8. The van der Waals surface area contributed by atoms with Gasteiger partial charge in [0.2, 0.25) is 0 Å². The van der Waals surface area contributed by atoms with Crippen LogP contribution in [0.1, 0.15) is 28.4 Å². The van der Waals surface area contributed by atoms with Crippen LogP contribution in [0.4, 0.5) is 24.5 Å². The third kappa shape index (κ3) is 3.97. The maximum atomic E-state index is 12.9. The Morgan fingerprint density at radius 1 is 1.03 bits per heavy atom. The second-order valence-electron chi connectivity index (χ2n) is 7.20. The summed E-state index contributed by atoms with van der Waals surface area (Å²) >= 11 is 0. The molecule has 0 fully saturated rings. The fourth-order valence-corrected chi connectivity index (χ4v) is 3.60. The topological polar surface area (TPSA) is 41.1 Å². The van der Waals surface area contributed by atoms with E-state index >= 15 is 0 Å². The molecule has 0 saturated heterocycles. The highest BCUT2D eigenvalue weighted by molar-refractivity contribution is 6.08. The molecule has 148 valence electrons. The van der Waals surface area contributed by atoms with Crippen LogP contribution in [0.2, 0.25) is 0 Å². The minimum atomic E-state index is -4.39. The molecule has 1 amide bonds. The second kappa shape index (κ2) is 7.28. The van der Waals surface area contributed by atoms with Crippen molar-refractivity contribution < 1.29 is 18.0 Å². The molecule has 0 saturated carbocycles. The van der Waals surface area contributed by atoms with Crippen molar-refractivity contribution in [3.63, 3.8) is 0 Å². The van der Waals surface area contributed by atoms with Gasteiger partial charge in [0.15, 0.2) is 0 Å². The molecule has 29 heavy (non-hydrogen) atoms. The van der Waals surface area contributed by atoms with E-state index in [9.17, 15) is 18.0 Å². The lowest BCUT2D eigenvalue weighted by Gasteiger charge is -2.12. The summed E-state index contributed by atoms with van der Waals surface area (Å²) in [6.07, 6.45) is -3.50. The minimum Gasteiger partial charge on any atom is -0.382 e. The molecule has 0 radical (unpaired) electrons. The molecule has 1 aliphatic heterocycles. The van der Waals surface area contributed by atoms with Crippen LogP contribution in [0.5, 0.6) is 0 Å². The Kier molecular flexibility index (Phi) is 4.78. The lowest BCUT2D eigenvalue weighted by Crippen LogP contribution is -2.13. The number of hydrogen-bond donors (Lipinski definition) is 2. The lowest BCUT2D eigenvalue weighted by atomic mass is 9.98. The first-order chi connectivity index (χ1) is 13.8. The average molecular weight is 396 g/mol. The number of anilines is 2. The molecule has 1 aliphatic rings. The van der Waals surface area contributed by atoms with Gasteiger partial charge < -0.3 is 10.6 Å². The molecule has 1 atom stereocenters. The Morgan fingerprint density at radius 2 is 1.76 bits per heavy atom. The fraction of sp³-hybridized carbons (Fsp3) is 0.174. The van der Waals surface area contributed by atoms with Crippen molar-refractivity contribution in [3.8, 4) is 11.1 Å². The summed E-state index contributed by atoms with van der Waals surface area (Å²) in [4.78, 5) is 12.9. The first-order valence-corrected chi connectivity index (χ1v) is 9.29. The molecule has 1 unspecified atom stereocenters. The van der Waals surface area contributed by atoms with Crippen molar-refractivity contribution >= 4 is 17.3 Å². The van der Waals surface area contributed by atoms with E-state index < -0.39 is 11.7 Å². The number of amides is 1. The number of rotatable bonds is 3. The van der Waals surface area contributed by atoms with Gasteiger partial charge in [-0.05, 0) is 66.4 Å². The molecule has 1 heterocycles. The standard InChI is InChI=1S/C23H19F3N2O/c1-14-12-16-13-18(10-11-21(16)27-14)28-22(29)20-5-3-2-4-19(20)15-6-8-17(9-7-15)23(24,25)26/h2-11,13-14,27H,12H2,1H3,(H,28,29). The Labute approximate surface area is 166 Å². The number of benzene rings is 3. The van der Waals surface area contributed by atoms with Crippen LogP contribution < -0.4 is 10.6 Å². The molecule has 0 aromatic heterocycles. The monoisotopic (exact) mass is 396 g/mol. The number of fused-ring (bicyclic) bond motifs is 1. The lowest BCUT2D eigenvalue weighted by molar-refractivity contribution is -0.137. The molecule has 4 rings (SSSR count). The van der Waals surface area contributed by atoms with E-state index in [0.29, 0.717) is 28.4 Å². The highest BCUT2D eigenvalue weighted by Gasteiger charge is 2.30. The quantitative estimate of drug-likeness (QED) is 0.572. The van der Waals surface area contributed by atoms with Crippen LogP contribution in [0.3, 0.4) is 0 Å². The molecule has 2 N–H and O–H groups in total. The van der Waals surface area contributed by atoms with Crippen molar-refractivity contribution in [2.24, 2.45) is 0 Å². The summed E-state index contributed by atoms with van der Waals surface area (Å²) in [5, 5.41) is 6.26. The van der Waals surface area contributed by atoms with E-state index in [1.54, 1.807) is 24.3 Å². The Morgan fingerprint density at radius 3 is 2.48 bits per heavy atom. The third-order valence-electron chi connectivity index (χ3n) is 4.99. The molecule has 6 heteroatoms. The number of alkyl halides is 3. The van der Waals surface area contributed by atoms with Crippen molar-refractivity contribution in [3.05, 3.63) is 83.4 Å². The Bertz CT molecular complexity index is 1060. The first kappa shape index (κ1) is 19.1. The van der Waals surface area contributed by atoms with Gasteiger partial charge in [0.25, 0.3) is 5.91 Å². The molecule has 0 aliphatic carbocycles. The van der Waals surface area contributed by atoms with E-state index in [-0.39, 0.29) is 5.91 Å². The van der Waals surface area contributed by atoms with Crippen molar-refractivity contribution in [2.45, 2.75) is 25.6 Å². The predicted octanol–water partition coefficient (Wildman–Crippen LogP) is 5.98. The fourth-order valence-electron chi connectivity index (χ4n) is 3.60. The zero-order valence-electron chi connectivity index (χ0n) is 15.7. The van der Waals surface area contributed by atoms with Gasteiger partial charge in [0.05, 0.1) is 5.56 Å². The molecule has 3 aromatic rings. The smallest absolute Gasteiger partial charge is 0.382 e. The Balaban J connectivity index is 1.60. The number of hydrogen-bond acceptors (Lipinski definition) is 2. The summed E-state index contributed by atoms with van der Waals surface area (Å²) in [5.41, 5.74) is 3.72. The molecular formula is C23H19F3N2O. The first-order valence-electron chi connectivity index (χ1n) is 9.29. The highest BCUT2D eigenvalue weighted by Crippen LogP contribution is 2.32. The van der Waals surface area contributed by atoms with Crippen LogP contribution in [-0.4, -0.2) is 11.9 Å².